The Bertz CT molecular complexity index is 405. The highest BCUT2D eigenvalue weighted by Gasteiger charge is 2.18. The van der Waals surface area contributed by atoms with Crippen molar-refractivity contribution in [2.75, 3.05) is 12.0 Å². The summed E-state index contributed by atoms with van der Waals surface area (Å²) >= 11 is 0. The van der Waals surface area contributed by atoms with Gasteiger partial charge in [-0.25, -0.2) is 13.4 Å². The summed E-state index contributed by atoms with van der Waals surface area (Å²) in [6.45, 7) is 3.71. The zero-order valence-electron chi connectivity index (χ0n) is 7.85. The Kier molecular flexibility index (Phi) is 2.34. The summed E-state index contributed by atoms with van der Waals surface area (Å²) in [6.07, 6.45) is 2.48. The number of nitrogen functional groups attached to an aromatic ring is 1. The number of imidazole rings is 1. The van der Waals surface area contributed by atoms with Crippen LogP contribution in [0, 0.1) is 0 Å². The van der Waals surface area contributed by atoms with Crippen molar-refractivity contribution in [2.24, 2.45) is 0 Å². The molecule has 0 aliphatic rings. The fraction of sp³-hybridized carbons (Fsp3) is 0.571. The third-order valence-electron chi connectivity index (χ3n) is 1.64. The van der Waals surface area contributed by atoms with Crippen molar-refractivity contribution < 1.29 is 8.42 Å². The van der Waals surface area contributed by atoms with Crippen molar-refractivity contribution >= 4 is 15.7 Å². The lowest BCUT2D eigenvalue weighted by atomic mass is 10.4. The molecule has 0 unspecified atom stereocenters. The van der Waals surface area contributed by atoms with E-state index in [9.17, 15) is 8.42 Å². The van der Waals surface area contributed by atoms with E-state index >= 15 is 0 Å². The number of hydrogen-bond acceptors (Lipinski definition) is 4. The molecule has 1 rings (SSSR count). The van der Waals surface area contributed by atoms with Crippen LogP contribution in [0.15, 0.2) is 11.4 Å². The van der Waals surface area contributed by atoms with Gasteiger partial charge in [0.2, 0.25) is 15.0 Å². The molecule has 0 aromatic carbocycles. The van der Waals surface area contributed by atoms with Gasteiger partial charge >= 0.3 is 0 Å². The molecule has 6 heteroatoms. The molecule has 0 saturated carbocycles. The monoisotopic (exact) mass is 203 g/mol. The molecule has 0 aliphatic heterocycles. The smallest absolute Gasteiger partial charge is 0.229 e. The molecule has 0 bridgehead atoms. The first kappa shape index (κ1) is 10.0. The summed E-state index contributed by atoms with van der Waals surface area (Å²) in [5, 5.41) is 0.0278. The summed E-state index contributed by atoms with van der Waals surface area (Å²) in [5.41, 5.74) is 5.58. The van der Waals surface area contributed by atoms with Crippen LogP contribution in [0.1, 0.15) is 19.9 Å². The van der Waals surface area contributed by atoms with Gasteiger partial charge in [-0.2, -0.15) is 0 Å². The van der Waals surface area contributed by atoms with E-state index in [1.54, 1.807) is 0 Å². The molecule has 1 aromatic heterocycles. The molecule has 1 aromatic rings. The van der Waals surface area contributed by atoms with Crippen molar-refractivity contribution in [2.45, 2.75) is 25.0 Å². The molecular weight excluding hydrogens is 190 g/mol. The molecule has 1 heterocycles. The van der Waals surface area contributed by atoms with Gasteiger partial charge in [-0.3, -0.25) is 4.57 Å². The van der Waals surface area contributed by atoms with Crippen LogP contribution in [0.5, 0.6) is 0 Å². The number of nitrogens with zero attached hydrogens (tertiary/aromatic N) is 2. The second-order valence-electron chi connectivity index (χ2n) is 3.20. The first-order valence-electron chi connectivity index (χ1n) is 3.86. The fourth-order valence-corrected chi connectivity index (χ4v) is 2.07. The van der Waals surface area contributed by atoms with Gasteiger partial charge in [0.25, 0.3) is 0 Å². The summed E-state index contributed by atoms with van der Waals surface area (Å²) < 4.78 is 24.0. The van der Waals surface area contributed by atoms with Crippen LogP contribution in [0.2, 0.25) is 0 Å². The molecule has 2 N–H and O–H groups in total. The minimum atomic E-state index is -3.29. The normalized spacial score (nSPS) is 12.3. The molecule has 0 amide bonds. The number of anilines is 1. The zero-order valence-corrected chi connectivity index (χ0v) is 8.67. The standard InChI is InChI=1S/C7H13N3O2S/c1-5(2)10-6(8)4-9-7(10)13(3,11)12/h4-5H,8H2,1-3H3. The molecule has 0 fully saturated rings. The fourth-order valence-electron chi connectivity index (χ4n) is 1.15. The molecule has 74 valence electrons. The Labute approximate surface area is 77.5 Å². The molecule has 0 spiro atoms. The average Bonchev–Trinajstić information content (AvgIpc) is 2.28. The topological polar surface area (TPSA) is 78.0 Å². The van der Waals surface area contributed by atoms with E-state index in [-0.39, 0.29) is 11.2 Å². The van der Waals surface area contributed by atoms with Crippen LogP contribution in [-0.4, -0.2) is 24.2 Å². The second-order valence-corrected chi connectivity index (χ2v) is 5.11. The van der Waals surface area contributed by atoms with Crippen LogP contribution in [-0.2, 0) is 9.84 Å². The quantitative estimate of drug-likeness (QED) is 0.757. The highest BCUT2D eigenvalue weighted by Crippen LogP contribution is 2.18. The van der Waals surface area contributed by atoms with Gasteiger partial charge in [-0.15, -0.1) is 0 Å². The number of hydrogen-bond donors (Lipinski definition) is 1. The van der Waals surface area contributed by atoms with Crippen molar-refractivity contribution in [3.63, 3.8) is 0 Å². The van der Waals surface area contributed by atoms with E-state index in [1.165, 1.54) is 10.8 Å². The summed E-state index contributed by atoms with van der Waals surface area (Å²) in [4.78, 5) is 3.76. The predicted octanol–water partition coefficient (Wildman–Crippen LogP) is 0.450. The average molecular weight is 203 g/mol. The highest BCUT2D eigenvalue weighted by molar-refractivity contribution is 7.90. The minimum absolute atomic E-state index is 0.00720. The number of rotatable bonds is 2. The first-order chi connectivity index (χ1) is 5.84. The third-order valence-corrected chi connectivity index (χ3v) is 2.60. The van der Waals surface area contributed by atoms with Crippen LogP contribution < -0.4 is 5.73 Å². The van der Waals surface area contributed by atoms with Crippen LogP contribution in [0.4, 0.5) is 5.82 Å². The van der Waals surface area contributed by atoms with E-state index in [1.807, 2.05) is 13.8 Å². The lowest BCUT2D eigenvalue weighted by Crippen LogP contribution is -2.13. The van der Waals surface area contributed by atoms with Crippen molar-refractivity contribution in [3.05, 3.63) is 6.20 Å². The van der Waals surface area contributed by atoms with Gasteiger partial charge in [0.05, 0.1) is 6.20 Å². The number of aromatic nitrogens is 2. The molecule has 0 aliphatic carbocycles. The van der Waals surface area contributed by atoms with Gasteiger partial charge in [0.15, 0.2) is 0 Å². The van der Waals surface area contributed by atoms with Gasteiger partial charge in [-0.05, 0) is 13.8 Å². The SMILES string of the molecule is CC(C)n1c(N)cnc1S(C)(=O)=O. The Morgan fingerprint density at radius 2 is 2.08 bits per heavy atom. The predicted molar refractivity (Wildman–Crippen MR) is 50.1 cm³/mol. The summed E-state index contributed by atoms with van der Waals surface area (Å²) in [5.74, 6) is 0.371. The van der Waals surface area contributed by atoms with Gasteiger partial charge < -0.3 is 5.73 Å². The van der Waals surface area contributed by atoms with E-state index in [0.717, 1.165) is 6.26 Å². The van der Waals surface area contributed by atoms with Crippen molar-refractivity contribution in [1.82, 2.24) is 9.55 Å². The van der Waals surface area contributed by atoms with E-state index < -0.39 is 9.84 Å². The van der Waals surface area contributed by atoms with Crippen molar-refractivity contribution in [1.29, 1.82) is 0 Å². The summed E-state index contributed by atoms with van der Waals surface area (Å²) in [6, 6.07) is -0.00720. The molecule has 0 atom stereocenters. The Morgan fingerprint density at radius 1 is 1.54 bits per heavy atom. The highest BCUT2D eigenvalue weighted by atomic mass is 32.2. The van der Waals surface area contributed by atoms with E-state index in [4.69, 9.17) is 5.73 Å². The molecule has 5 nitrogen and oxygen atoms in total. The Balaban J connectivity index is 3.40. The zero-order chi connectivity index (χ0) is 10.2. The van der Waals surface area contributed by atoms with Gasteiger partial charge in [0, 0.05) is 12.3 Å². The third kappa shape index (κ3) is 1.82. The maximum absolute atomic E-state index is 11.2. The Morgan fingerprint density at radius 3 is 2.38 bits per heavy atom. The maximum Gasteiger partial charge on any atom is 0.229 e. The van der Waals surface area contributed by atoms with Crippen molar-refractivity contribution in [3.8, 4) is 0 Å². The van der Waals surface area contributed by atoms with E-state index in [2.05, 4.69) is 4.98 Å². The van der Waals surface area contributed by atoms with Crippen LogP contribution >= 0.6 is 0 Å². The molecule has 0 saturated heterocycles. The van der Waals surface area contributed by atoms with Gasteiger partial charge in [-0.1, -0.05) is 0 Å². The first-order valence-corrected chi connectivity index (χ1v) is 5.76. The molecule has 13 heavy (non-hydrogen) atoms. The lowest BCUT2D eigenvalue weighted by Gasteiger charge is -2.11. The number of nitrogens with two attached hydrogens (primary N) is 1. The maximum atomic E-state index is 11.2. The minimum Gasteiger partial charge on any atom is -0.384 e. The van der Waals surface area contributed by atoms with E-state index in [0.29, 0.717) is 5.82 Å². The summed E-state index contributed by atoms with van der Waals surface area (Å²) in [7, 11) is -3.29. The van der Waals surface area contributed by atoms with Crippen LogP contribution in [0.3, 0.4) is 0 Å². The molecule has 0 radical (unpaired) electrons. The largest absolute Gasteiger partial charge is 0.384 e. The lowest BCUT2D eigenvalue weighted by molar-refractivity contribution is 0.528. The number of sulfone groups is 1. The van der Waals surface area contributed by atoms with Gasteiger partial charge in [0.1, 0.15) is 5.82 Å². The molecular formula is C7H13N3O2S. The van der Waals surface area contributed by atoms with Crippen LogP contribution in [0.25, 0.3) is 0 Å². The second kappa shape index (κ2) is 3.02. The Hall–Kier alpha value is -1.04.